The number of carbonyl (C=O) groups is 1. The number of fused-ring (bicyclic) bond motifs is 1. The van der Waals surface area contributed by atoms with Gasteiger partial charge in [-0.15, -0.1) is 0 Å². The Morgan fingerprint density at radius 2 is 2.04 bits per heavy atom. The maximum absolute atomic E-state index is 12.9. The van der Waals surface area contributed by atoms with Crippen LogP contribution in [-0.4, -0.2) is 38.8 Å². The Hall–Kier alpha value is -2.42. The molecule has 27 heavy (non-hydrogen) atoms. The molecule has 0 aliphatic heterocycles. The summed E-state index contributed by atoms with van der Waals surface area (Å²) in [6, 6.07) is 10.7. The van der Waals surface area contributed by atoms with E-state index in [4.69, 9.17) is 4.42 Å². The molecule has 9 heteroatoms. The second-order valence-electron chi connectivity index (χ2n) is 5.86. The molecule has 5 nitrogen and oxygen atoms in total. The number of aryl methyl sites for hydroxylation is 1. The number of nitrogens with zero attached hydrogens (tertiary/aromatic N) is 3. The number of aromatic nitrogens is 2. The molecule has 3 rings (SSSR count). The van der Waals surface area contributed by atoms with Crippen LogP contribution < -0.4 is 0 Å². The lowest BCUT2D eigenvalue weighted by Gasteiger charge is -2.22. The van der Waals surface area contributed by atoms with Crippen LogP contribution in [0.4, 0.5) is 13.2 Å². The molecule has 144 valence electrons. The van der Waals surface area contributed by atoms with Gasteiger partial charge in [-0.3, -0.25) is 4.79 Å². The highest BCUT2D eigenvalue weighted by Gasteiger charge is 2.33. The predicted octanol–water partition coefficient (Wildman–Crippen LogP) is 4.33. The largest absolute Gasteiger partial charge is 0.467 e. The van der Waals surface area contributed by atoms with E-state index >= 15 is 0 Å². The van der Waals surface area contributed by atoms with Crippen LogP contribution >= 0.6 is 11.8 Å². The number of furan rings is 1. The van der Waals surface area contributed by atoms with Crippen molar-refractivity contribution in [3.8, 4) is 0 Å². The Balaban J connectivity index is 1.73. The van der Waals surface area contributed by atoms with Gasteiger partial charge in [0, 0.05) is 6.54 Å². The van der Waals surface area contributed by atoms with Gasteiger partial charge in [-0.2, -0.15) is 13.2 Å². The summed E-state index contributed by atoms with van der Waals surface area (Å²) in [6.45, 7) is 1.05. The van der Waals surface area contributed by atoms with Gasteiger partial charge in [0.15, 0.2) is 5.16 Å². The lowest BCUT2D eigenvalue weighted by atomic mass is 10.3. The van der Waals surface area contributed by atoms with Crippen molar-refractivity contribution < 1.29 is 22.4 Å². The van der Waals surface area contributed by atoms with Crippen molar-refractivity contribution in [2.24, 2.45) is 0 Å². The van der Waals surface area contributed by atoms with Gasteiger partial charge >= 0.3 is 6.18 Å². The van der Waals surface area contributed by atoms with E-state index in [0.29, 0.717) is 17.5 Å². The van der Waals surface area contributed by atoms with Crippen molar-refractivity contribution in [1.82, 2.24) is 14.5 Å². The van der Waals surface area contributed by atoms with Gasteiger partial charge in [0.2, 0.25) is 5.91 Å². The highest BCUT2D eigenvalue weighted by atomic mass is 32.2. The molecule has 2 aromatic heterocycles. The molecule has 1 amide bonds. The zero-order valence-corrected chi connectivity index (χ0v) is 15.4. The van der Waals surface area contributed by atoms with Gasteiger partial charge in [-0.05, 0) is 31.2 Å². The molecule has 0 spiro atoms. The predicted molar refractivity (Wildman–Crippen MR) is 96.3 cm³/mol. The highest BCUT2D eigenvalue weighted by molar-refractivity contribution is 7.99. The van der Waals surface area contributed by atoms with Crippen molar-refractivity contribution in [2.75, 3.05) is 12.3 Å². The molecule has 0 unspecified atom stereocenters. The molecule has 0 N–H and O–H groups in total. The second kappa shape index (κ2) is 8.08. The van der Waals surface area contributed by atoms with Crippen LogP contribution in [0.5, 0.6) is 0 Å². The Kier molecular flexibility index (Phi) is 5.79. The number of hydrogen-bond acceptors (Lipinski definition) is 4. The van der Waals surface area contributed by atoms with Gasteiger partial charge in [0.25, 0.3) is 0 Å². The normalized spacial score (nSPS) is 11.9. The van der Waals surface area contributed by atoms with E-state index in [-0.39, 0.29) is 12.3 Å². The van der Waals surface area contributed by atoms with Crippen LogP contribution in [-0.2, 0) is 17.9 Å². The molecule has 0 saturated heterocycles. The number of imidazole rings is 1. The number of benzene rings is 1. The van der Waals surface area contributed by atoms with Crippen LogP contribution in [0.2, 0.25) is 0 Å². The molecule has 0 fully saturated rings. The van der Waals surface area contributed by atoms with Crippen molar-refractivity contribution in [3.05, 3.63) is 48.4 Å². The zero-order valence-electron chi connectivity index (χ0n) is 14.6. The van der Waals surface area contributed by atoms with E-state index in [2.05, 4.69) is 4.98 Å². The summed E-state index contributed by atoms with van der Waals surface area (Å²) >= 11 is 1.14. The number of alkyl halides is 3. The molecular weight excluding hydrogens is 379 g/mol. The summed E-state index contributed by atoms with van der Waals surface area (Å²) in [5, 5.41) is 0.608. The van der Waals surface area contributed by atoms with Gasteiger partial charge in [-0.1, -0.05) is 23.9 Å². The van der Waals surface area contributed by atoms with Crippen LogP contribution in [0.3, 0.4) is 0 Å². The van der Waals surface area contributed by atoms with Gasteiger partial charge < -0.3 is 13.9 Å². The van der Waals surface area contributed by atoms with E-state index in [0.717, 1.165) is 27.7 Å². The molecule has 0 aliphatic carbocycles. The zero-order chi connectivity index (χ0) is 19.4. The average Bonchev–Trinajstić information content (AvgIpc) is 3.24. The van der Waals surface area contributed by atoms with E-state index in [1.165, 1.54) is 6.26 Å². The number of hydrogen-bond donors (Lipinski definition) is 0. The van der Waals surface area contributed by atoms with E-state index in [1.54, 1.807) is 12.1 Å². The average molecular weight is 397 g/mol. The van der Waals surface area contributed by atoms with Crippen LogP contribution in [0, 0.1) is 0 Å². The lowest BCUT2D eigenvalue weighted by molar-refractivity contribution is -0.161. The van der Waals surface area contributed by atoms with Crippen molar-refractivity contribution in [3.63, 3.8) is 0 Å². The minimum absolute atomic E-state index is 0.139. The summed E-state index contributed by atoms with van der Waals surface area (Å²) < 4.78 is 45.6. The number of amides is 1. The standard InChI is InChI=1S/C18H18F3N3O2S/c1-2-24-15-8-4-3-7-14(15)22-17(24)27-11-16(25)23(12-18(19,20)21)10-13-6-5-9-26-13/h3-9H,2,10-12H2,1H3. The smallest absolute Gasteiger partial charge is 0.406 e. The van der Waals surface area contributed by atoms with E-state index in [1.807, 2.05) is 35.8 Å². The molecule has 0 radical (unpaired) electrons. The minimum Gasteiger partial charge on any atom is -0.467 e. The third-order valence-corrected chi connectivity index (χ3v) is 4.87. The number of halogens is 3. The number of thioether (sulfide) groups is 1. The lowest BCUT2D eigenvalue weighted by Crippen LogP contribution is -2.39. The summed E-state index contributed by atoms with van der Waals surface area (Å²) in [6.07, 6.45) is -3.12. The van der Waals surface area contributed by atoms with Gasteiger partial charge in [0.1, 0.15) is 12.3 Å². The topological polar surface area (TPSA) is 51.3 Å². The van der Waals surface area contributed by atoms with E-state index in [9.17, 15) is 18.0 Å². The SMILES string of the molecule is CCn1c(SCC(=O)N(Cc2ccco2)CC(F)(F)F)nc2ccccc21. The third-order valence-electron chi connectivity index (χ3n) is 3.91. The Morgan fingerprint density at radius 1 is 1.26 bits per heavy atom. The Labute approximate surface area is 158 Å². The Morgan fingerprint density at radius 3 is 2.70 bits per heavy atom. The first kappa shape index (κ1) is 19.3. The van der Waals surface area contributed by atoms with Crippen molar-refractivity contribution in [1.29, 1.82) is 0 Å². The van der Waals surface area contributed by atoms with Crippen LogP contribution in [0.1, 0.15) is 12.7 Å². The van der Waals surface area contributed by atoms with Crippen LogP contribution in [0.15, 0.2) is 52.2 Å². The molecule has 2 heterocycles. The monoisotopic (exact) mass is 397 g/mol. The molecule has 3 aromatic rings. The molecule has 0 atom stereocenters. The van der Waals surface area contributed by atoms with Crippen molar-refractivity contribution in [2.45, 2.75) is 31.3 Å². The molecular formula is C18H18F3N3O2S. The number of carbonyl (C=O) groups excluding carboxylic acids is 1. The summed E-state index contributed by atoms with van der Waals surface area (Å²) in [5.41, 5.74) is 1.72. The highest BCUT2D eigenvalue weighted by Crippen LogP contribution is 2.25. The molecule has 0 saturated carbocycles. The fourth-order valence-corrected chi connectivity index (χ4v) is 3.71. The van der Waals surface area contributed by atoms with E-state index < -0.39 is 18.6 Å². The second-order valence-corrected chi connectivity index (χ2v) is 6.80. The minimum atomic E-state index is -4.48. The molecule has 0 aliphatic rings. The fourth-order valence-electron chi connectivity index (χ4n) is 2.73. The third kappa shape index (κ3) is 4.85. The summed E-state index contributed by atoms with van der Waals surface area (Å²) in [7, 11) is 0. The van der Waals surface area contributed by atoms with Gasteiger partial charge in [0.05, 0.1) is 29.6 Å². The first-order valence-corrected chi connectivity index (χ1v) is 9.31. The number of rotatable bonds is 7. The van der Waals surface area contributed by atoms with Gasteiger partial charge in [-0.25, -0.2) is 4.98 Å². The summed E-state index contributed by atoms with van der Waals surface area (Å²) in [4.78, 5) is 17.7. The van der Waals surface area contributed by atoms with Crippen LogP contribution in [0.25, 0.3) is 11.0 Å². The first-order valence-electron chi connectivity index (χ1n) is 8.32. The first-order chi connectivity index (χ1) is 12.9. The molecule has 0 bridgehead atoms. The summed E-state index contributed by atoms with van der Waals surface area (Å²) in [5.74, 6) is -0.457. The maximum atomic E-state index is 12.9. The maximum Gasteiger partial charge on any atom is 0.406 e. The Bertz CT molecular complexity index is 906. The quantitative estimate of drug-likeness (QED) is 0.557. The fraction of sp³-hybridized carbons (Fsp3) is 0.333. The molecule has 1 aromatic carbocycles. The number of para-hydroxylation sites is 2. The van der Waals surface area contributed by atoms with Crippen molar-refractivity contribution >= 4 is 28.7 Å².